The van der Waals surface area contributed by atoms with Gasteiger partial charge in [-0.3, -0.25) is 4.79 Å². The Balaban J connectivity index is 1.72. The molecule has 5 heteroatoms. The zero-order valence-electron chi connectivity index (χ0n) is 17.1. The Morgan fingerprint density at radius 1 is 1.03 bits per heavy atom. The number of likely N-dealkylation sites (tertiary alicyclic amines) is 1. The summed E-state index contributed by atoms with van der Waals surface area (Å²) in [5.41, 5.74) is 1.78. The highest BCUT2D eigenvalue weighted by Gasteiger charge is 2.50. The number of carbonyl (C=O) groups is 1. The molecule has 2 aliphatic rings. The van der Waals surface area contributed by atoms with Crippen LogP contribution in [0, 0.1) is 5.92 Å². The minimum atomic E-state index is -0.215. The van der Waals surface area contributed by atoms with Crippen LogP contribution in [0.15, 0.2) is 48.5 Å². The predicted octanol–water partition coefficient (Wildman–Crippen LogP) is 5.46. The molecule has 4 rings (SSSR count). The van der Waals surface area contributed by atoms with Crippen LogP contribution in [0.25, 0.3) is 0 Å². The largest absolute Gasteiger partial charge is 0.493 e. The molecule has 1 aliphatic heterocycles. The van der Waals surface area contributed by atoms with Crippen LogP contribution in [-0.4, -0.2) is 36.4 Å². The second kappa shape index (κ2) is 8.27. The standard InChI is InChI=1S/C24H28ClNO3/c1-28-20-12-11-18(16-21(20)29-2)23(27)26-15-14-24(25)13-7-6-10-19(24)22(26)17-8-4-3-5-9-17/h3-5,8-9,11-12,16,19,22H,6-7,10,13-15H2,1-2H3/t19-,22-,24-/m0/s1. The van der Waals surface area contributed by atoms with Crippen LogP contribution in [0.4, 0.5) is 0 Å². The Bertz CT molecular complexity index is 872. The van der Waals surface area contributed by atoms with Gasteiger partial charge in [0.2, 0.25) is 0 Å². The van der Waals surface area contributed by atoms with E-state index in [-0.39, 0.29) is 22.7 Å². The highest BCUT2D eigenvalue weighted by atomic mass is 35.5. The van der Waals surface area contributed by atoms with Crippen molar-refractivity contribution in [1.29, 1.82) is 0 Å². The first-order valence-corrected chi connectivity index (χ1v) is 10.7. The summed E-state index contributed by atoms with van der Waals surface area (Å²) in [5.74, 6) is 1.47. The Morgan fingerprint density at radius 3 is 2.52 bits per heavy atom. The number of nitrogens with zero attached hydrogens (tertiary/aromatic N) is 1. The van der Waals surface area contributed by atoms with Gasteiger partial charge < -0.3 is 14.4 Å². The molecule has 2 aromatic carbocycles. The van der Waals surface area contributed by atoms with Gasteiger partial charge in [0.15, 0.2) is 11.5 Å². The molecule has 1 heterocycles. The van der Waals surface area contributed by atoms with Gasteiger partial charge in [-0.25, -0.2) is 0 Å². The van der Waals surface area contributed by atoms with Crippen molar-refractivity contribution in [2.75, 3.05) is 20.8 Å². The fourth-order valence-corrected chi connectivity index (χ4v) is 5.51. The van der Waals surface area contributed by atoms with Crippen molar-refractivity contribution in [1.82, 2.24) is 4.90 Å². The molecule has 1 saturated heterocycles. The van der Waals surface area contributed by atoms with Crippen molar-refractivity contribution < 1.29 is 14.3 Å². The molecule has 0 spiro atoms. The lowest BCUT2D eigenvalue weighted by molar-refractivity contribution is 0.0279. The zero-order valence-corrected chi connectivity index (χ0v) is 17.8. The number of benzene rings is 2. The SMILES string of the molecule is COc1ccc(C(=O)N2CC[C@@]3(Cl)CCCC[C@H]3[C@@H]2c2ccccc2)cc1OC. The second-order valence-electron chi connectivity index (χ2n) is 8.06. The van der Waals surface area contributed by atoms with Crippen LogP contribution in [0.1, 0.15) is 54.1 Å². The molecular formula is C24H28ClNO3. The number of rotatable bonds is 4. The number of piperidine rings is 1. The van der Waals surface area contributed by atoms with Crippen molar-refractivity contribution in [3.63, 3.8) is 0 Å². The summed E-state index contributed by atoms with van der Waals surface area (Å²) >= 11 is 7.15. The van der Waals surface area contributed by atoms with E-state index in [4.69, 9.17) is 21.1 Å². The third-order valence-corrected chi connectivity index (χ3v) is 7.20. The number of alkyl halides is 1. The van der Waals surface area contributed by atoms with E-state index >= 15 is 0 Å². The van der Waals surface area contributed by atoms with Crippen LogP contribution in [-0.2, 0) is 0 Å². The van der Waals surface area contributed by atoms with Gasteiger partial charge in [-0.15, -0.1) is 11.6 Å². The molecule has 2 aromatic rings. The second-order valence-corrected chi connectivity index (χ2v) is 8.81. The minimum absolute atomic E-state index is 0.0108. The van der Waals surface area contributed by atoms with Crippen LogP contribution in [0.2, 0.25) is 0 Å². The Hall–Kier alpha value is -2.20. The summed E-state index contributed by atoms with van der Waals surface area (Å²) in [6, 6.07) is 15.7. The molecule has 154 valence electrons. The van der Waals surface area contributed by atoms with E-state index in [0.29, 0.717) is 23.6 Å². The van der Waals surface area contributed by atoms with E-state index in [2.05, 4.69) is 12.1 Å². The van der Waals surface area contributed by atoms with Gasteiger partial charge in [0.25, 0.3) is 5.91 Å². The van der Waals surface area contributed by atoms with Crippen molar-refractivity contribution in [2.45, 2.75) is 43.0 Å². The van der Waals surface area contributed by atoms with Crippen molar-refractivity contribution in [3.8, 4) is 11.5 Å². The van der Waals surface area contributed by atoms with E-state index in [1.54, 1.807) is 26.4 Å². The summed E-state index contributed by atoms with van der Waals surface area (Å²) < 4.78 is 10.7. The zero-order chi connectivity index (χ0) is 20.4. The number of ether oxygens (including phenoxy) is 2. The number of halogens is 1. The van der Waals surface area contributed by atoms with Crippen molar-refractivity contribution >= 4 is 17.5 Å². The first-order chi connectivity index (χ1) is 14.1. The smallest absolute Gasteiger partial charge is 0.254 e. The molecule has 1 amide bonds. The molecule has 0 bridgehead atoms. The maximum absolute atomic E-state index is 13.6. The highest BCUT2D eigenvalue weighted by Crippen LogP contribution is 2.53. The number of hydrogen-bond donors (Lipinski definition) is 0. The number of methoxy groups -OCH3 is 2. The van der Waals surface area contributed by atoms with Gasteiger partial charge >= 0.3 is 0 Å². The van der Waals surface area contributed by atoms with Gasteiger partial charge in [-0.05, 0) is 43.0 Å². The van der Waals surface area contributed by atoms with E-state index < -0.39 is 0 Å². The van der Waals surface area contributed by atoms with Gasteiger partial charge in [0.1, 0.15) is 0 Å². The maximum Gasteiger partial charge on any atom is 0.254 e. The van der Waals surface area contributed by atoms with Crippen LogP contribution in [0.5, 0.6) is 11.5 Å². The molecule has 4 nitrogen and oxygen atoms in total. The fourth-order valence-electron chi connectivity index (χ4n) is 5.07. The molecule has 0 aromatic heterocycles. The Morgan fingerprint density at radius 2 is 1.79 bits per heavy atom. The molecule has 0 N–H and O–H groups in total. The van der Waals surface area contributed by atoms with Crippen LogP contribution < -0.4 is 9.47 Å². The normalized spacial score (nSPS) is 26.5. The summed E-state index contributed by atoms with van der Waals surface area (Å²) in [7, 11) is 3.18. The molecule has 2 fully saturated rings. The first kappa shape index (κ1) is 20.1. The molecule has 3 atom stereocenters. The summed E-state index contributed by atoms with van der Waals surface area (Å²) in [5, 5.41) is 0. The van der Waals surface area contributed by atoms with Gasteiger partial charge in [-0.2, -0.15) is 0 Å². The van der Waals surface area contributed by atoms with E-state index in [1.165, 1.54) is 12.8 Å². The van der Waals surface area contributed by atoms with Gasteiger partial charge in [0.05, 0.1) is 25.1 Å². The number of fused-ring (bicyclic) bond motifs is 1. The monoisotopic (exact) mass is 413 g/mol. The van der Waals surface area contributed by atoms with E-state index in [0.717, 1.165) is 24.8 Å². The van der Waals surface area contributed by atoms with Crippen molar-refractivity contribution in [3.05, 3.63) is 59.7 Å². The predicted molar refractivity (Wildman–Crippen MR) is 115 cm³/mol. The van der Waals surface area contributed by atoms with Gasteiger partial charge in [-0.1, -0.05) is 43.2 Å². The fraction of sp³-hybridized carbons (Fsp3) is 0.458. The van der Waals surface area contributed by atoms with Crippen molar-refractivity contribution in [2.24, 2.45) is 5.92 Å². The molecule has 1 saturated carbocycles. The summed E-state index contributed by atoms with van der Waals surface area (Å²) in [6.45, 7) is 0.659. The third-order valence-electron chi connectivity index (χ3n) is 6.54. The summed E-state index contributed by atoms with van der Waals surface area (Å²) in [4.78, 5) is 15.4. The third kappa shape index (κ3) is 3.71. The number of amides is 1. The van der Waals surface area contributed by atoms with E-state index in [9.17, 15) is 4.79 Å². The lowest BCUT2D eigenvalue weighted by atomic mass is 9.68. The lowest BCUT2D eigenvalue weighted by Gasteiger charge is -2.52. The molecule has 1 aliphatic carbocycles. The van der Waals surface area contributed by atoms with Crippen LogP contribution in [0.3, 0.4) is 0 Å². The lowest BCUT2D eigenvalue weighted by Crippen LogP contribution is -2.53. The highest BCUT2D eigenvalue weighted by molar-refractivity contribution is 6.24. The minimum Gasteiger partial charge on any atom is -0.493 e. The quantitative estimate of drug-likeness (QED) is 0.625. The average Bonchev–Trinajstić information content (AvgIpc) is 2.77. The average molecular weight is 414 g/mol. The van der Waals surface area contributed by atoms with Gasteiger partial charge in [0, 0.05) is 18.0 Å². The van der Waals surface area contributed by atoms with E-state index in [1.807, 2.05) is 29.2 Å². The van der Waals surface area contributed by atoms with Crippen LogP contribution >= 0.6 is 11.6 Å². The number of carbonyl (C=O) groups excluding carboxylic acids is 1. The number of hydrogen-bond acceptors (Lipinski definition) is 3. The maximum atomic E-state index is 13.6. The molecular weight excluding hydrogens is 386 g/mol. The Labute approximate surface area is 177 Å². The molecule has 29 heavy (non-hydrogen) atoms. The topological polar surface area (TPSA) is 38.8 Å². The first-order valence-electron chi connectivity index (χ1n) is 10.3. The molecule has 0 unspecified atom stereocenters. The Kier molecular flexibility index (Phi) is 5.73. The molecule has 0 radical (unpaired) electrons. The summed E-state index contributed by atoms with van der Waals surface area (Å²) in [6.07, 6.45) is 5.26.